The van der Waals surface area contributed by atoms with E-state index in [0.29, 0.717) is 12.2 Å². The zero-order valence-corrected chi connectivity index (χ0v) is 16.5. The highest BCUT2D eigenvalue weighted by molar-refractivity contribution is 5.89. The predicted octanol–water partition coefficient (Wildman–Crippen LogP) is 6.44. The van der Waals surface area contributed by atoms with Crippen LogP contribution in [-0.4, -0.2) is 19.1 Å². The number of ether oxygens (including phenoxy) is 1. The standard InChI is InChI=1S/C22H37NO2/c1-4-25-22(24)20-14-16-21(17-15-20)23-18-12-10-8-6-5-7-9-11-13-19(2)3/h14-17,19,23H,4-13,18H2,1-3H3. The van der Waals surface area contributed by atoms with E-state index in [4.69, 9.17) is 4.74 Å². The van der Waals surface area contributed by atoms with Crippen molar-refractivity contribution in [3.63, 3.8) is 0 Å². The van der Waals surface area contributed by atoms with Gasteiger partial charge in [-0.05, 0) is 43.5 Å². The molecule has 142 valence electrons. The quantitative estimate of drug-likeness (QED) is 0.311. The summed E-state index contributed by atoms with van der Waals surface area (Å²) in [6.07, 6.45) is 12.2. The smallest absolute Gasteiger partial charge is 0.338 e. The van der Waals surface area contributed by atoms with E-state index in [0.717, 1.165) is 18.2 Å². The Morgan fingerprint density at radius 2 is 1.48 bits per heavy atom. The fourth-order valence-electron chi connectivity index (χ4n) is 2.91. The molecule has 0 unspecified atom stereocenters. The average molecular weight is 348 g/mol. The van der Waals surface area contributed by atoms with Crippen LogP contribution in [-0.2, 0) is 4.74 Å². The lowest BCUT2D eigenvalue weighted by molar-refractivity contribution is 0.0526. The SMILES string of the molecule is CCOC(=O)c1ccc(NCCCCCCCCCCC(C)C)cc1. The van der Waals surface area contributed by atoms with E-state index in [2.05, 4.69) is 19.2 Å². The van der Waals surface area contributed by atoms with Gasteiger partial charge in [-0.3, -0.25) is 0 Å². The molecule has 25 heavy (non-hydrogen) atoms. The van der Waals surface area contributed by atoms with Gasteiger partial charge in [-0.2, -0.15) is 0 Å². The molecule has 0 bridgehead atoms. The first-order valence-electron chi connectivity index (χ1n) is 10.1. The molecule has 0 saturated carbocycles. The Balaban J connectivity index is 1.98. The van der Waals surface area contributed by atoms with Crippen LogP contribution in [0.5, 0.6) is 0 Å². The normalized spacial score (nSPS) is 10.9. The molecule has 0 fully saturated rings. The summed E-state index contributed by atoms with van der Waals surface area (Å²) in [5, 5.41) is 3.42. The third-order valence-electron chi connectivity index (χ3n) is 4.43. The first-order chi connectivity index (χ1) is 12.1. The summed E-state index contributed by atoms with van der Waals surface area (Å²) < 4.78 is 4.99. The topological polar surface area (TPSA) is 38.3 Å². The summed E-state index contributed by atoms with van der Waals surface area (Å²) in [5.41, 5.74) is 1.68. The highest BCUT2D eigenvalue weighted by Gasteiger charge is 2.05. The van der Waals surface area contributed by atoms with Gasteiger partial charge in [-0.15, -0.1) is 0 Å². The highest BCUT2D eigenvalue weighted by atomic mass is 16.5. The summed E-state index contributed by atoms with van der Waals surface area (Å²) in [4.78, 5) is 11.6. The number of hydrogen-bond acceptors (Lipinski definition) is 3. The zero-order valence-electron chi connectivity index (χ0n) is 16.5. The predicted molar refractivity (Wildman–Crippen MR) is 107 cm³/mol. The van der Waals surface area contributed by atoms with Crippen molar-refractivity contribution in [1.82, 2.24) is 0 Å². The van der Waals surface area contributed by atoms with Crippen LogP contribution in [0, 0.1) is 5.92 Å². The van der Waals surface area contributed by atoms with Gasteiger partial charge in [0.15, 0.2) is 0 Å². The van der Waals surface area contributed by atoms with Gasteiger partial charge in [-0.1, -0.05) is 65.2 Å². The van der Waals surface area contributed by atoms with Crippen molar-refractivity contribution in [2.24, 2.45) is 5.92 Å². The minimum Gasteiger partial charge on any atom is -0.462 e. The molecule has 0 aromatic heterocycles. The van der Waals surface area contributed by atoms with Crippen molar-refractivity contribution in [2.45, 2.75) is 78.6 Å². The maximum absolute atomic E-state index is 11.6. The second-order valence-electron chi connectivity index (χ2n) is 7.24. The van der Waals surface area contributed by atoms with Gasteiger partial charge >= 0.3 is 5.97 Å². The molecule has 1 rings (SSSR count). The van der Waals surface area contributed by atoms with Gasteiger partial charge in [-0.25, -0.2) is 4.79 Å². The van der Waals surface area contributed by atoms with Crippen LogP contribution in [0.1, 0.15) is 88.9 Å². The van der Waals surface area contributed by atoms with Gasteiger partial charge < -0.3 is 10.1 Å². The number of unbranched alkanes of at least 4 members (excludes halogenated alkanes) is 7. The molecule has 0 heterocycles. The van der Waals surface area contributed by atoms with E-state index in [1.54, 1.807) is 0 Å². The Bertz CT molecular complexity index is 454. The van der Waals surface area contributed by atoms with Crippen LogP contribution >= 0.6 is 0 Å². The Morgan fingerprint density at radius 1 is 0.920 bits per heavy atom. The average Bonchev–Trinajstić information content (AvgIpc) is 2.60. The number of carbonyl (C=O) groups excluding carboxylic acids is 1. The summed E-state index contributed by atoms with van der Waals surface area (Å²) in [6, 6.07) is 7.53. The Hall–Kier alpha value is -1.51. The first-order valence-corrected chi connectivity index (χ1v) is 10.1. The Labute approximate surface area is 154 Å². The lowest BCUT2D eigenvalue weighted by Gasteiger charge is -2.08. The van der Waals surface area contributed by atoms with Crippen LogP contribution < -0.4 is 5.32 Å². The molecule has 3 heteroatoms. The van der Waals surface area contributed by atoms with Crippen LogP contribution in [0.25, 0.3) is 0 Å². The minimum absolute atomic E-state index is 0.252. The second kappa shape index (κ2) is 13.7. The number of hydrogen-bond donors (Lipinski definition) is 1. The van der Waals surface area contributed by atoms with Crippen molar-refractivity contribution < 1.29 is 9.53 Å². The summed E-state index contributed by atoms with van der Waals surface area (Å²) in [7, 11) is 0. The third kappa shape index (κ3) is 10.9. The number of nitrogens with one attached hydrogen (secondary N) is 1. The van der Waals surface area contributed by atoms with Crippen molar-refractivity contribution in [1.29, 1.82) is 0 Å². The molecule has 0 saturated heterocycles. The molecule has 0 aliphatic heterocycles. The van der Waals surface area contributed by atoms with E-state index in [1.807, 2.05) is 31.2 Å². The van der Waals surface area contributed by atoms with Crippen molar-refractivity contribution in [2.75, 3.05) is 18.5 Å². The third-order valence-corrected chi connectivity index (χ3v) is 4.43. The van der Waals surface area contributed by atoms with Gasteiger partial charge in [0.2, 0.25) is 0 Å². The van der Waals surface area contributed by atoms with Crippen LogP contribution in [0.2, 0.25) is 0 Å². The lowest BCUT2D eigenvalue weighted by atomic mass is 10.0. The van der Waals surface area contributed by atoms with Gasteiger partial charge in [0.25, 0.3) is 0 Å². The zero-order chi connectivity index (χ0) is 18.3. The van der Waals surface area contributed by atoms with E-state index in [-0.39, 0.29) is 5.97 Å². The van der Waals surface area contributed by atoms with Crippen molar-refractivity contribution in [3.8, 4) is 0 Å². The molecule has 3 nitrogen and oxygen atoms in total. The molecular formula is C22H37NO2. The number of esters is 1. The number of carbonyl (C=O) groups is 1. The van der Waals surface area contributed by atoms with E-state index in [1.165, 1.54) is 57.8 Å². The maximum Gasteiger partial charge on any atom is 0.338 e. The molecule has 1 N–H and O–H groups in total. The summed E-state index contributed by atoms with van der Waals surface area (Å²) >= 11 is 0. The first kappa shape index (κ1) is 21.5. The van der Waals surface area contributed by atoms with E-state index < -0.39 is 0 Å². The number of benzene rings is 1. The fourth-order valence-corrected chi connectivity index (χ4v) is 2.91. The Morgan fingerprint density at radius 3 is 2.04 bits per heavy atom. The molecular weight excluding hydrogens is 310 g/mol. The second-order valence-corrected chi connectivity index (χ2v) is 7.24. The molecule has 0 amide bonds. The number of rotatable bonds is 14. The van der Waals surface area contributed by atoms with Gasteiger partial charge in [0, 0.05) is 12.2 Å². The largest absolute Gasteiger partial charge is 0.462 e. The summed E-state index contributed by atoms with van der Waals surface area (Å²) in [5.74, 6) is 0.604. The van der Waals surface area contributed by atoms with E-state index >= 15 is 0 Å². The maximum atomic E-state index is 11.6. The number of anilines is 1. The van der Waals surface area contributed by atoms with Crippen LogP contribution in [0.4, 0.5) is 5.69 Å². The van der Waals surface area contributed by atoms with Crippen LogP contribution in [0.3, 0.4) is 0 Å². The van der Waals surface area contributed by atoms with Crippen LogP contribution in [0.15, 0.2) is 24.3 Å². The molecule has 0 radical (unpaired) electrons. The molecule has 0 atom stereocenters. The van der Waals surface area contributed by atoms with E-state index in [9.17, 15) is 4.79 Å². The lowest BCUT2D eigenvalue weighted by Crippen LogP contribution is -2.05. The van der Waals surface area contributed by atoms with Gasteiger partial charge in [0.05, 0.1) is 12.2 Å². The van der Waals surface area contributed by atoms with Crippen molar-refractivity contribution >= 4 is 11.7 Å². The highest BCUT2D eigenvalue weighted by Crippen LogP contribution is 2.13. The molecule has 1 aromatic rings. The monoisotopic (exact) mass is 347 g/mol. The molecule has 0 spiro atoms. The molecule has 0 aliphatic rings. The fraction of sp³-hybridized carbons (Fsp3) is 0.682. The van der Waals surface area contributed by atoms with Crippen molar-refractivity contribution in [3.05, 3.63) is 29.8 Å². The molecule has 1 aromatic carbocycles. The Kier molecular flexibility index (Phi) is 11.8. The van der Waals surface area contributed by atoms with Gasteiger partial charge in [0.1, 0.15) is 0 Å². The summed E-state index contributed by atoms with van der Waals surface area (Å²) in [6.45, 7) is 7.84. The minimum atomic E-state index is -0.252. The molecule has 0 aliphatic carbocycles.